The van der Waals surface area contributed by atoms with Gasteiger partial charge in [0.05, 0.1) is 5.02 Å². The number of nitrogens with two attached hydrogens (primary N) is 1. The highest BCUT2D eigenvalue weighted by molar-refractivity contribution is 8.00. The lowest BCUT2D eigenvalue weighted by Crippen LogP contribution is -2.05. The molecule has 0 aliphatic carbocycles. The quantitative estimate of drug-likeness (QED) is 0.808. The van der Waals surface area contributed by atoms with Gasteiger partial charge in [0.1, 0.15) is 0 Å². The number of thioether (sulfide) groups is 1. The predicted octanol–water partition coefficient (Wildman–Crippen LogP) is 3.98. The van der Waals surface area contributed by atoms with Crippen LogP contribution in [0.25, 0.3) is 0 Å². The van der Waals surface area contributed by atoms with Crippen molar-refractivity contribution in [3.63, 3.8) is 0 Å². The minimum absolute atomic E-state index is 0.581. The van der Waals surface area contributed by atoms with Gasteiger partial charge in [0.25, 0.3) is 0 Å². The Morgan fingerprint density at radius 1 is 1.31 bits per heavy atom. The van der Waals surface area contributed by atoms with Gasteiger partial charge in [-0.05, 0) is 36.6 Å². The summed E-state index contributed by atoms with van der Waals surface area (Å²) in [4.78, 5) is 1.17. The fourth-order valence-electron chi connectivity index (χ4n) is 1.30. The molecule has 0 aromatic heterocycles. The maximum atomic E-state index is 6.25. The summed E-state index contributed by atoms with van der Waals surface area (Å²) in [5, 5.41) is 1.43. The third-order valence-corrected chi connectivity index (χ3v) is 4.63. The first-order valence-electron chi connectivity index (χ1n) is 5.69. The highest BCUT2D eigenvalue weighted by atomic mass is 35.5. The normalized spacial score (nSPS) is 13.1. The Labute approximate surface area is 108 Å². The molecule has 0 bridgehead atoms. The molecule has 90 valence electrons. The van der Waals surface area contributed by atoms with Crippen molar-refractivity contribution in [1.82, 2.24) is 0 Å². The minimum Gasteiger partial charge on any atom is -0.330 e. The molecule has 0 aliphatic rings. The van der Waals surface area contributed by atoms with Crippen LogP contribution < -0.4 is 5.73 Å². The summed E-state index contributed by atoms with van der Waals surface area (Å²) in [7, 11) is 0. The van der Waals surface area contributed by atoms with Crippen molar-refractivity contribution in [2.24, 2.45) is 11.7 Å². The molecule has 3 heteroatoms. The molecule has 1 atom stereocenters. The van der Waals surface area contributed by atoms with Crippen LogP contribution in [0.1, 0.15) is 26.3 Å². The Balaban J connectivity index is 2.75. The van der Waals surface area contributed by atoms with Gasteiger partial charge in [-0.2, -0.15) is 0 Å². The van der Waals surface area contributed by atoms with Crippen LogP contribution in [0.2, 0.25) is 5.02 Å². The van der Waals surface area contributed by atoms with Gasteiger partial charge >= 0.3 is 0 Å². The molecule has 1 unspecified atom stereocenters. The Hall–Kier alpha value is -0.180. The molecule has 0 saturated heterocycles. The Bertz CT molecular complexity index is 339. The molecule has 0 aliphatic heterocycles. The molecule has 1 aromatic carbocycles. The van der Waals surface area contributed by atoms with Crippen LogP contribution in [0.15, 0.2) is 23.1 Å². The Morgan fingerprint density at radius 3 is 2.50 bits per heavy atom. The maximum Gasteiger partial charge on any atom is 0.0544 e. The molecule has 1 nitrogen and oxygen atoms in total. The fourth-order valence-corrected chi connectivity index (χ4v) is 2.63. The van der Waals surface area contributed by atoms with Crippen molar-refractivity contribution in [3.8, 4) is 0 Å². The summed E-state index contributed by atoms with van der Waals surface area (Å²) in [6, 6.07) is 6.26. The summed E-state index contributed by atoms with van der Waals surface area (Å²) in [6.07, 6.45) is 0.893. The van der Waals surface area contributed by atoms with Crippen molar-refractivity contribution in [2.45, 2.75) is 37.3 Å². The average Bonchev–Trinajstić information content (AvgIpc) is 2.22. The molecule has 0 amide bonds. The SMILES string of the molecule is CC(C)C(C)Sc1ccc(CCN)cc1Cl. The zero-order valence-electron chi connectivity index (χ0n) is 10.2. The molecular weight excluding hydrogens is 238 g/mol. The predicted molar refractivity (Wildman–Crippen MR) is 74.4 cm³/mol. The Morgan fingerprint density at radius 2 is 2.00 bits per heavy atom. The van der Waals surface area contributed by atoms with E-state index in [1.54, 1.807) is 0 Å². The van der Waals surface area contributed by atoms with Gasteiger partial charge in [0.15, 0.2) is 0 Å². The van der Waals surface area contributed by atoms with Gasteiger partial charge in [-0.3, -0.25) is 0 Å². The maximum absolute atomic E-state index is 6.25. The van der Waals surface area contributed by atoms with Gasteiger partial charge in [0.2, 0.25) is 0 Å². The third kappa shape index (κ3) is 4.00. The van der Waals surface area contributed by atoms with Crippen LogP contribution >= 0.6 is 23.4 Å². The van der Waals surface area contributed by atoms with E-state index in [-0.39, 0.29) is 0 Å². The smallest absolute Gasteiger partial charge is 0.0544 e. The second-order valence-corrected chi connectivity index (χ2v) is 6.20. The number of rotatable bonds is 5. The summed E-state index contributed by atoms with van der Waals surface area (Å²) in [6.45, 7) is 7.37. The van der Waals surface area contributed by atoms with E-state index in [0.29, 0.717) is 17.7 Å². The van der Waals surface area contributed by atoms with E-state index in [0.717, 1.165) is 11.4 Å². The van der Waals surface area contributed by atoms with Crippen molar-refractivity contribution in [3.05, 3.63) is 28.8 Å². The highest BCUT2D eigenvalue weighted by Crippen LogP contribution is 2.33. The lowest BCUT2D eigenvalue weighted by atomic mass is 10.1. The third-order valence-electron chi connectivity index (χ3n) is 2.68. The summed E-state index contributed by atoms with van der Waals surface area (Å²) in [5.41, 5.74) is 6.74. The van der Waals surface area contributed by atoms with Gasteiger partial charge < -0.3 is 5.73 Å². The van der Waals surface area contributed by atoms with Crippen molar-refractivity contribution < 1.29 is 0 Å². The van der Waals surface area contributed by atoms with Crippen LogP contribution in [0, 0.1) is 5.92 Å². The standard InChI is InChI=1S/C13H20ClNS/c1-9(2)10(3)16-13-5-4-11(6-7-15)8-12(13)14/h4-5,8-10H,6-7,15H2,1-3H3. The molecule has 1 aromatic rings. The first-order valence-corrected chi connectivity index (χ1v) is 6.95. The summed E-state index contributed by atoms with van der Waals surface area (Å²) < 4.78 is 0. The molecule has 0 fully saturated rings. The molecule has 0 radical (unpaired) electrons. The van der Waals surface area contributed by atoms with Crippen LogP contribution in [-0.2, 0) is 6.42 Å². The molecule has 0 heterocycles. The van der Waals surface area contributed by atoms with E-state index < -0.39 is 0 Å². The van der Waals surface area contributed by atoms with E-state index in [4.69, 9.17) is 17.3 Å². The van der Waals surface area contributed by atoms with Crippen molar-refractivity contribution in [1.29, 1.82) is 0 Å². The summed E-state index contributed by atoms with van der Waals surface area (Å²) in [5.74, 6) is 0.657. The molecule has 1 rings (SSSR count). The van der Waals surface area contributed by atoms with Crippen LogP contribution in [0.4, 0.5) is 0 Å². The minimum atomic E-state index is 0.581. The topological polar surface area (TPSA) is 26.0 Å². The number of hydrogen-bond donors (Lipinski definition) is 1. The lowest BCUT2D eigenvalue weighted by Gasteiger charge is -2.16. The summed E-state index contributed by atoms with van der Waals surface area (Å²) >= 11 is 8.09. The Kier molecular flexibility index (Phi) is 5.67. The second kappa shape index (κ2) is 6.53. The second-order valence-electron chi connectivity index (χ2n) is 4.37. The van der Waals surface area contributed by atoms with Crippen LogP contribution in [0.5, 0.6) is 0 Å². The van der Waals surface area contributed by atoms with E-state index >= 15 is 0 Å². The monoisotopic (exact) mass is 257 g/mol. The van der Waals surface area contributed by atoms with Gasteiger partial charge in [-0.15, -0.1) is 11.8 Å². The first-order chi connectivity index (χ1) is 7.54. The highest BCUT2D eigenvalue weighted by Gasteiger charge is 2.11. The van der Waals surface area contributed by atoms with E-state index in [1.165, 1.54) is 10.5 Å². The zero-order chi connectivity index (χ0) is 12.1. The zero-order valence-corrected chi connectivity index (χ0v) is 11.7. The van der Waals surface area contributed by atoms with E-state index in [9.17, 15) is 0 Å². The molecular formula is C13H20ClNS. The lowest BCUT2D eigenvalue weighted by molar-refractivity contribution is 0.642. The van der Waals surface area contributed by atoms with Gasteiger partial charge in [0, 0.05) is 10.1 Å². The number of halogens is 1. The molecule has 0 spiro atoms. The van der Waals surface area contributed by atoms with E-state index in [1.807, 2.05) is 17.8 Å². The number of hydrogen-bond acceptors (Lipinski definition) is 2. The molecule has 0 saturated carbocycles. The van der Waals surface area contributed by atoms with Gasteiger partial charge in [-0.25, -0.2) is 0 Å². The van der Waals surface area contributed by atoms with Crippen molar-refractivity contribution in [2.75, 3.05) is 6.54 Å². The first kappa shape index (κ1) is 13.9. The van der Waals surface area contributed by atoms with Gasteiger partial charge in [-0.1, -0.05) is 38.4 Å². The van der Waals surface area contributed by atoms with Crippen molar-refractivity contribution >= 4 is 23.4 Å². The average molecular weight is 258 g/mol. The van der Waals surface area contributed by atoms with Crippen LogP contribution in [-0.4, -0.2) is 11.8 Å². The van der Waals surface area contributed by atoms with E-state index in [2.05, 4.69) is 32.9 Å². The van der Waals surface area contributed by atoms with Crippen LogP contribution in [0.3, 0.4) is 0 Å². The largest absolute Gasteiger partial charge is 0.330 e. The number of benzene rings is 1. The fraction of sp³-hybridized carbons (Fsp3) is 0.538. The molecule has 16 heavy (non-hydrogen) atoms. The molecule has 2 N–H and O–H groups in total.